The molecule has 274 valence electrons. The number of rotatable bonds is 3. The van der Waals surface area contributed by atoms with Crippen molar-refractivity contribution in [2.75, 3.05) is 0 Å². The lowest BCUT2D eigenvalue weighted by molar-refractivity contribution is 0.722. The summed E-state index contributed by atoms with van der Waals surface area (Å²) in [4.78, 5) is 13.3. The standard InChI is InChI=1S/C55H33N3S/c1-2-15-35(16-3-1)53-41-19-7-11-23-47(41)56-54(57-53)58-48-30-28-36(32-42(48)52-38-17-5-4-14-34(38)27-31-49(52)58)37-26-29-40-39-18-6-8-20-43(39)55(46(40)33-37)44-21-9-12-24-50(44)59-51-25-13-10-22-45(51)55/h1-33H. The van der Waals surface area contributed by atoms with E-state index in [2.05, 4.69) is 205 Å². The van der Waals surface area contributed by atoms with Gasteiger partial charge in [0.15, 0.2) is 0 Å². The fraction of sp³-hybridized carbons (Fsp3) is 0.0182. The van der Waals surface area contributed by atoms with Crippen molar-refractivity contribution >= 4 is 55.2 Å². The van der Waals surface area contributed by atoms with Gasteiger partial charge in [-0.25, -0.2) is 9.97 Å². The van der Waals surface area contributed by atoms with Crippen LogP contribution in [0.2, 0.25) is 0 Å². The summed E-state index contributed by atoms with van der Waals surface area (Å²) in [7, 11) is 0. The zero-order chi connectivity index (χ0) is 38.7. The number of hydrogen-bond donors (Lipinski definition) is 0. The third-order valence-corrected chi connectivity index (χ3v) is 13.8. The van der Waals surface area contributed by atoms with Crippen LogP contribution in [-0.2, 0) is 5.41 Å². The highest BCUT2D eigenvalue weighted by Gasteiger charge is 2.50. The minimum atomic E-state index is -0.430. The molecule has 1 aliphatic heterocycles. The molecule has 0 fully saturated rings. The molecular formula is C55H33N3S. The Kier molecular flexibility index (Phi) is 6.87. The molecule has 0 atom stereocenters. The van der Waals surface area contributed by atoms with E-state index in [1.54, 1.807) is 0 Å². The summed E-state index contributed by atoms with van der Waals surface area (Å²) in [6.45, 7) is 0. The highest BCUT2D eigenvalue weighted by molar-refractivity contribution is 7.99. The van der Waals surface area contributed by atoms with Gasteiger partial charge >= 0.3 is 0 Å². The van der Waals surface area contributed by atoms with Gasteiger partial charge in [-0.1, -0.05) is 169 Å². The SMILES string of the molecule is c1ccc(-c2nc(-n3c4ccc(-c5ccc6c(c5)C5(c7ccccc7Sc7ccccc75)c5ccccc5-6)cc4c4c5ccccc5ccc43)nc3ccccc23)cc1. The molecule has 1 aliphatic carbocycles. The number of nitrogens with zero attached hydrogens (tertiary/aromatic N) is 3. The first-order valence-electron chi connectivity index (χ1n) is 20.2. The molecule has 3 heterocycles. The molecule has 11 aromatic rings. The van der Waals surface area contributed by atoms with E-state index in [9.17, 15) is 0 Å². The van der Waals surface area contributed by atoms with E-state index in [1.807, 2.05) is 11.8 Å². The van der Waals surface area contributed by atoms with Crippen LogP contribution >= 0.6 is 11.8 Å². The Morgan fingerprint density at radius 1 is 0.407 bits per heavy atom. The van der Waals surface area contributed by atoms with Crippen LogP contribution in [0.3, 0.4) is 0 Å². The molecule has 2 aromatic heterocycles. The molecule has 9 aromatic carbocycles. The Balaban J connectivity index is 1.08. The molecule has 0 N–H and O–H groups in total. The van der Waals surface area contributed by atoms with Gasteiger partial charge < -0.3 is 0 Å². The van der Waals surface area contributed by atoms with Crippen molar-refractivity contribution in [3.05, 3.63) is 222 Å². The molecule has 13 rings (SSSR count). The molecule has 2 aliphatic rings. The van der Waals surface area contributed by atoms with Crippen molar-refractivity contribution < 1.29 is 0 Å². The van der Waals surface area contributed by atoms with Gasteiger partial charge in [0.1, 0.15) is 0 Å². The van der Waals surface area contributed by atoms with E-state index < -0.39 is 5.41 Å². The van der Waals surface area contributed by atoms with Crippen molar-refractivity contribution in [3.8, 4) is 39.5 Å². The molecule has 0 bridgehead atoms. The largest absolute Gasteiger partial charge is 0.278 e. The van der Waals surface area contributed by atoms with Crippen LogP contribution < -0.4 is 0 Å². The van der Waals surface area contributed by atoms with Gasteiger partial charge in [-0.2, -0.15) is 0 Å². The van der Waals surface area contributed by atoms with Crippen LogP contribution in [0, 0.1) is 0 Å². The highest BCUT2D eigenvalue weighted by atomic mass is 32.2. The van der Waals surface area contributed by atoms with Crippen molar-refractivity contribution in [1.29, 1.82) is 0 Å². The molecule has 0 radical (unpaired) electrons. The number of aromatic nitrogens is 3. The molecule has 3 nitrogen and oxygen atoms in total. The first-order valence-corrected chi connectivity index (χ1v) is 21.0. The van der Waals surface area contributed by atoms with E-state index in [1.165, 1.54) is 75.8 Å². The maximum absolute atomic E-state index is 5.37. The number of para-hydroxylation sites is 1. The van der Waals surface area contributed by atoms with Gasteiger partial charge in [-0.15, -0.1) is 0 Å². The molecule has 0 amide bonds. The Labute approximate surface area is 345 Å². The maximum atomic E-state index is 5.37. The molecular weight excluding hydrogens is 735 g/mol. The zero-order valence-corrected chi connectivity index (χ0v) is 32.6. The maximum Gasteiger partial charge on any atom is 0.235 e. The summed E-state index contributed by atoms with van der Waals surface area (Å²) in [5.74, 6) is 0.662. The quantitative estimate of drug-likeness (QED) is 0.179. The molecule has 1 spiro atoms. The summed E-state index contributed by atoms with van der Waals surface area (Å²) in [6.07, 6.45) is 0. The summed E-state index contributed by atoms with van der Waals surface area (Å²) in [6, 6.07) is 73.2. The highest BCUT2D eigenvalue weighted by Crippen LogP contribution is 2.62. The Bertz CT molecular complexity index is 3500. The lowest BCUT2D eigenvalue weighted by Crippen LogP contribution is -2.31. The van der Waals surface area contributed by atoms with Gasteiger partial charge in [0.25, 0.3) is 0 Å². The normalized spacial score (nSPS) is 13.5. The van der Waals surface area contributed by atoms with E-state index >= 15 is 0 Å². The molecule has 0 unspecified atom stereocenters. The molecule has 0 saturated carbocycles. The van der Waals surface area contributed by atoms with E-state index in [-0.39, 0.29) is 0 Å². The second kappa shape index (κ2) is 12.4. The Morgan fingerprint density at radius 2 is 1.03 bits per heavy atom. The number of fused-ring (bicyclic) bond motifs is 15. The Morgan fingerprint density at radius 3 is 1.86 bits per heavy atom. The first kappa shape index (κ1) is 32.8. The van der Waals surface area contributed by atoms with Crippen LogP contribution in [0.25, 0.3) is 82.9 Å². The number of hydrogen-bond acceptors (Lipinski definition) is 3. The first-order chi connectivity index (χ1) is 29.3. The van der Waals surface area contributed by atoms with Crippen molar-refractivity contribution in [2.45, 2.75) is 15.2 Å². The van der Waals surface area contributed by atoms with Crippen LogP contribution in [0.1, 0.15) is 22.3 Å². The van der Waals surface area contributed by atoms with Crippen LogP contribution in [0.15, 0.2) is 210 Å². The van der Waals surface area contributed by atoms with Crippen molar-refractivity contribution in [1.82, 2.24) is 14.5 Å². The molecule has 59 heavy (non-hydrogen) atoms. The third kappa shape index (κ3) is 4.55. The van der Waals surface area contributed by atoms with Gasteiger partial charge in [0.2, 0.25) is 5.95 Å². The van der Waals surface area contributed by atoms with E-state index in [0.29, 0.717) is 5.95 Å². The number of benzene rings is 9. The van der Waals surface area contributed by atoms with Gasteiger partial charge in [-0.05, 0) is 97.7 Å². The fourth-order valence-corrected chi connectivity index (χ4v) is 11.4. The lowest BCUT2D eigenvalue weighted by atomic mass is 9.67. The predicted octanol–water partition coefficient (Wildman–Crippen LogP) is 14.0. The minimum absolute atomic E-state index is 0.430. The summed E-state index contributed by atoms with van der Waals surface area (Å²) in [5, 5.41) is 5.84. The average molecular weight is 768 g/mol. The second-order valence-corrected chi connectivity index (χ2v) is 16.7. The predicted molar refractivity (Wildman–Crippen MR) is 244 cm³/mol. The summed E-state index contributed by atoms with van der Waals surface area (Å²) < 4.78 is 2.27. The topological polar surface area (TPSA) is 30.7 Å². The summed E-state index contributed by atoms with van der Waals surface area (Å²) in [5.41, 5.74) is 15.0. The smallest absolute Gasteiger partial charge is 0.235 e. The van der Waals surface area contributed by atoms with Crippen LogP contribution in [0.5, 0.6) is 0 Å². The van der Waals surface area contributed by atoms with Gasteiger partial charge in [0, 0.05) is 31.5 Å². The van der Waals surface area contributed by atoms with Gasteiger partial charge in [0.05, 0.1) is 27.7 Å². The van der Waals surface area contributed by atoms with Crippen LogP contribution in [-0.4, -0.2) is 14.5 Å². The average Bonchev–Trinajstić information content (AvgIpc) is 3.79. The van der Waals surface area contributed by atoms with Crippen molar-refractivity contribution in [3.63, 3.8) is 0 Å². The van der Waals surface area contributed by atoms with E-state index in [0.717, 1.165) is 33.2 Å². The second-order valence-electron chi connectivity index (χ2n) is 15.7. The lowest BCUT2D eigenvalue weighted by Gasteiger charge is -2.39. The molecule has 0 saturated heterocycles. The monoisotopic (exact) mass is 767 g/mol. The fourth-order valence-electron chi connectivity index (χ4n) is 10.2. The summed E-state index contributed by atoms with van der Waals surface area (Å²) >= 11 is 1.88. The molecule has 4 heteroatoms. The Hall–Kier alpha value is -7.27. The van der Waals surface area contributed by atoms with Crippen molar-refractivity contribution in [2.24, 2.45) is 0 Å². The van der Waals surface area contributed by atoms with Crippen LogP contribution in [0.4, 0.5) is 0 Å². The third-order valence-electron chi connectivity index (χ3n) is 12.7. The van der Waals surface area contributed by atoms with Gasteiger partial charge in [-0.3, -0.25) is 4.57 Å². The zero-order valence-electron chi connectivity index (χ0n) is 31.8. The van der Waals surface area contributed by atoms with E-state index in [4.69, 9.17) is 9.97 Å². The minimum Gasteiger partial charge on any atom is -0.278 e.